The van der Waals surface area contributed by atoms with Crippen LogP contribution in [0.4, 0.5) is 0 Å². The van der Waals surface area contributed by atoms with Crippen molar-refractivity contribution in [2.24, 2.45) is 0 Å². The normalized spacial score (nSPS) is 12.7. The summed E-state index contributed by atoms with van der Waals surface area (Å²) in [6.45, 7) is 0. The molecule has 1 spiro atoms. The summed E-state index contributed by atoms with van der Waals surface area (Å²) in [7, 11) is 0. The van der Waals surface area contributed by atoms with Crippen molar-refractivity contribution in [2.45, 2.75) is 5.41 Å². The fourth-order valence-electron chi connectivity index (χ4n) is 11.0. The highest BCUT2D eigenvalue weighted by Crippen LogP contribution is 2.63. The number of pyridine rings is 1. The fourth-order valence-corrected chi connectivity index (χ4v) is 11.0. The van der Waals surface area contributed by atoms with Crippen LogP contribution in [0.15, 0.2) is 249 Å². The third kappa shape index (κ3) is 5.83. The van der Waals surface area contributed by atoms with Crippen molar-refractivity contribution >= 4 is 10.8 Å². The first-order valence-corrected chi connectivity index (χ1v) is 22.5. The van der Waals surface area contributed by atoms with Crippen LogP contribution in [-0.4, -0.2) is 4.98 Å². The zero-order valence-electron chi connectivity index (χ0n) is 35.6. The molecule has 1 heterocycles. The van der Waals surface area contributed by atoms with E-state index in [0.29, 0.717) is 0 Å². The van der Waals surface area contributed by atoms with Gasteiger partial charge in [0, 0.05) is 11.1 Å². The van der Waals surface area contributed by atoms with Gasteiger partial charge in [-0.2, -0.15) is 0 Å². The molecule has 11 aromatic rings. The van der Waals surface area contributed by atoms with E-state index >= 15 is 0 Å². The Hall–Kier alpha value is -8.39. The Balaban J connectivity index is 0.979. The van der Waals surface area contributed by atoms with Gasteiger partial charge in [-0.25, -0.2) is 4.98 Å². The highest BCUT2D eigenvalue weighted by molar-refractivity contribution is 6.04. The second-order valence-corrected chi connectivity index (χ2v) is 17.4. The Morgan fingerprint density at radius 1 is 0.231 bits per heavy atom. The molecule has 0 fully saturated rings. The second-order valence-electron chi connectivity index (χ2n) is 17.4. The maximum absolute atomic E-state index is 5.25. The van der Waals surface area contributed by atoms with Gasteiger partial charge in [0.05, 0.1) is 16.8 Å². The Morgan fingerprint density at radius 3 is 1.40 bits per heavy atom. The van der Waals surface area contributed by atoms with Crippen molar-refractivity contribution in [3.63, 3.8) is 0 Å². The van der Waals surface area contributed by atoms with E-state index in [2.05, 4.69) is 249 Å². The molecule has 65 heavy (non-hydrogen) atoms. The van der Waals surface area contributed by atoms with Crippen molar-refractivity contribution in [2.75, 3.05) is 0 Å². The van der Waals surface area contributed by atoms with Gasteiger partial charge in [-0.3, -0.25) is 0 Å². The summed E-state index contributed by atoms with van der Waals surface area (Å²) < 4.78 is 0. The average Bonchev–Trinajstić information content (AvgIpc) is 3.85. The number of hydrogen-bond donors (Lipinski definition) is 0. The molecule has 0 saturated heterocycles. The molecule has 13 rings (SSSR count). The number of fused-ring (bicyclic) bond motifs is 11. The van der Waals surface area contributed by atoms with Crippen molar-refractivity contribution in [1.82, 2.24) is 4.98 Å². The smallest absolute Gasteiger partial charge is 0.0725 e. The molecule has 0 aliphatic heterocycles. The predicted octanol–water partition coefficient (Wildman–Crippen LogP) is 16.6. The largest absolute Gasteiger partial charge is 0.248 e. The lowest BCUT2D eigenvalue weighted by Crippen LogP contribution is -2.25. The van der Waals surface area contributed by atoms with Crippen LogP contribution < -0.4 is 0 Å². The van der Waals surface area contributed by atoms with Crippen LogP contribution in [0.5, 0.6) is 0 Å². The van der Waals surface area contributed by atoms with Crippen LogP contribution in [0.25, 0.3) is 100 Å². The average molecular weight is 824 g/mol. The summed E-state index contributed by atoms with van der Waals surface area (Å²) in [5.74, 6) is 0. The SMILES string of the molecule is c1ccc(-c2cc(-c3ccccc3)nc(-c3cccc(-c4ccc(-c5cc6c(cc5-c5cccc7ccccc57)-c5ccccc5C65c6ccccc6-c6ccccc65)cc4)c3)c2)cc1. The van der Waals surface area contributed by atoms with Crippen LogP contribution in [0.3, 0.4) is 0 Å². The van der Waals surface area contributed by atoms with Crippen LogP contribution in [0, 0.1) is 0 Å². The Labute approximate surface area is 379 Å². The molecule has 0 atom stereocenters. The predicted molar refractivity (Wildman–Crippen MR) is 271 cm³/mol. The van der Waals surface area contributed by atoms with E-state index in [-0.39, 0.29) is 0 Å². The van der Waals surface area contributed by atoms with Gasteiger partial charge in [0.25, 0.3) is 0 Å². The number of aromatic nitrogens is 1. The summed E-state index contributed by atoms with van der Waals surface area (Å²) >= 11 is 0. The van der Waals surface area contributed by atoms with Gasteiger partial charge in [-0.15, -0.1) is 0 Å². The number of rotatable bonds is 6. The third-order valence-electron chi connectivity index (χ3n) is 13.9. The van der Waals surface area contributed by atoms with Gasteiger partial charge in [0.2, 0.25) is 0 Å². The molecule has 0 N–H and O–H groups in total. The molecule has 2 aliphatic rings. The van der Waals surface area contributed by atoms with E-state index in [1.165, 1.54) is 83.1 Å². The van der Waals surface area contributed by atoms with Crippen molar-refractivity contribution in [3.05, 3.63) is 271 Å². The molecular formula is C64H41N. The lowest BCUT2D eigenvalue weighted by molar-refractivity contribution is 0.794. The molecule has 0 radical (unpaired) electrons. The van der Waals surface area contributed by atoms with Crippen LogP contribution in [0.1, 0.15) is 22.3 Å². The summed E-state index contributed by atoms with van der Waals surface area (Å²) in [4.78, 5) is 5.25. The van der Waals surface area contributed by atoms with E-state index in [9.17, 15) is 0 Å². The zero-order chi connectivity index (χ0) is 42.9. The first kappa shape index (κ1) is 37.2. The van der Waals surface area contributed by atoms with Gasteiger partial charge >= 0.3 is 0 Å². The van der Waals surface area contributed by atoms with Crippen LogP contribution in [0.2, 0.25) is 0 Å². The Morgan fingerprint density at radius 2 is 0.708 bits per heavy atom. The molecule has 1 heteroatoms. The molecule has 0 saturated carbocycles. The monoisotopic (exact) mass is 823 g/mol. The minimum Gasteiger partial charge on any atom is -0.248 e. The molecule has 2 aliphatic carbocycles. The van der Waals surface area contributed by atoms with Crippen molar-refractivity contribution in [1.29, 1.82) is 0 Å². The Kier molecular flexibility index (Phi) is 8.51. The van der Waals surface area contributed by atoms with Gasteiger partial charge in [0.1, 0.15) is 0 Å². The molecule has 10 aromatic carbocycles. The third-order valence-corrected chi connectivity index (χ3v) is 13.9. The van der Waals surface area contributed by atoms with Crippen molar-refractivity contribution < 1.29 is 0 Å². The molecule has 1 nitrogen and oxygen atoms in total. The topological polar surface area (TPSA) is 12.9 Å². The molecule has 302 valence electrons. The zero-order valence-corrected chi connectivity index (χ0v) is 35.6. The first-order valence-electron chi connectivity index (χ1n) is 22.5. The van der Waals surface area contributed by atoms with E-state index in [1.807, 2.05) is 0 Å². The Bertz CT molecular complexity index is 3530. The van der Waals surface area contributed by atoms with Gasteiger partial charge < -0.3 is 0 Å². The minimum atomic E-state index is -0.433. The van der Waals surface area contributed by atoms with Crippen LogP contribution >= 0.6 is 0 Å². The lowest BCUT2D eigenvalue weighted by Gasteiger charge is -2.31. The first-order chi connectivity index (χ1) is 32.2. The fraction of sp³-hybridized carbons (Fsp3) is 0.0156. The van der Waals surface area contributed by atoms with Gasteiger partial charge in [-0.05, 0) is 130 Å². The lowest BCUT2D eigenvalue weighted by atomic mass is 9.70. The maximum Gasteiger partial charge on any atom is 0.0725 e. The molecular weight excluding hydrogens is 783 g/mol. The highest BCUT2D eigenvalue weighted by atomic mass is 14.7. The van der Waals surface area contributed by atoms with Gasteiger partial charge in [0.15, 0.2) is 0 Å². The minimum absolute atomic E-state index is 0.433. The van der Waals surface area contributed by atoms with Gasteiger partial charge in [-0.1, -0.05) is 218 Å². The number of nitrogens with zero attached hydrogens (tertiary/aromatic N) is 1. The summed E-state index contributed by atoms with van der Waals surface area (Å²) in [6, 6.07) is 91.4. The molecule has 0 unspecified atom stereocenters. The second kappa shape index (κ2) is 14.9. The highest BCUT2D eigenvalue weighted by Gasteiger charge is 2.51. The molecule has 0 bridgehead atoms. The van der Waals surface area contributed by atoms with Crippen LogP contribution in [-0.2, 0) is 5.41 Å². The molecule has 0 amide bonds. The summed E-state index contributed by atoms with van der Waals surface area (Å²) in [6.07, 6.45) is 0. The van der Waals surface area contributed by atoms with E-state index < -0.39 is 5.41 Å². The van der Waals surface area contributed by atoms with E-state index in [0.717, 1.165) is 39.2 Å². The number of hydrogen-bond acceptors (Lipinski definition) is 1. The van der Waals surface area contributed by atoms with E-state index in [1.54, 1.807) is 0 Å². The van der Waals surface area contributed by atoms with E-state index in [4.69, 9.17) is 4.98 Å². The van der Waals surface area contributed by atoms with Crippen molar-refractivity contribution in [3.8, 4) is 89.3 Å². The number of benzene rings is 10. The maximum atomic E-state index is 5.25. The quantitative estimate of drug-likeness (QED) is 0.163. The molecule has 1 aromatic heterocycles. The summed E-state index contributed by atoms with van der Waals surface area (Å²) in [5, 5.41) is 2.49. The standard InChI is InChI=1S/C64H41N/c1-3-17-42(18-4-1)49-38-62(46-20-5-2-6-21-46)65-63(39-49)48-24-15-23-47(37-48)43-33-35-45(36-34-43)55-41-61-57(40-56(55)51-29-16-22-44-19-7-8-25-50(44)51)54-28-11-14-32-60(54)64(61)58-30-12-9-26-52(58)53-27-10-13-31-59(53)64/h1-41H. The summed E-state index contributed by atoms with van der Waals surface area (Å²) in [5.41, 5.74) is 23.8.